The summed E-state index contributed by atoms with van der Waals surface area (Å²) in [6.45, 7) is 3.87. The number of carbonyl (C=O) groups is 1. The van der Waals surface area contributed by atoms with Crippen LogP contribution in [0.1, 0.15) is 25.0 Å². The fraction of sp³-hybridized carbons (Fsp3) is 0.238. The highest BCUT2D eigenvalue weighted by Gasteiger charge is 2.14. The third-order valence-corrected chi connectivity index (χ3v) is 5.04. The lowest BCUT2D eigenvalue weighted by atomic mass is 10.1. The van der Waals surface area contributed by atoms with Crippen molar-refractivity contribution in [3.05, 3.63) is 61.5 Å². The van der Waals surface area contributed by atoms with Crippen molar-refractivity contribution in [3.8, 4) is 17.6 Å². The molecule has 0 atom stereocenters. The summed E-state index contributed by atoms with van der Waals surface area (Å²) in [6, 6.07) is 10.4. The molecule has 0 heterocycles. The molecule has 0 aliphatic heterocycles. The van der Waals surface area contributed by atoms with Crippen LogP contribution in [0.15, 0.2) is 40.4 Å². The van der Waals surface area contributed by atoms with Crippen molar-refractivity contribution in [3.63, 3.8) is 0 Å². The number of benzene rings is 2. The van der Waals surface area contributed by atoms with E-state index in [-0.39, 0.29) is 18.2 Å². The second kappa shape index (κ2) is 10.5. The van der Waals surface area contributed by atoms with Crippen molar-refractivity contribution >= 4 is 51.1 Å². The molecule has 0 aliphatic rings. The number of nitrogens with one attached hydrogen (secondary N) is 1. The van der Waals surface area contributed by atoms with E-state index < -0.39 is 5.91 Å². The molecule has 0 saturated carbocycles. The van der Waals surface area contributed by atoms with Gasteiger partial charge in [-0.1, -0.05) is 45.2 Å². The SMILES string of the molecule is COc1cc(/C=C(/C#N)C(=O)NC(C)C)c(Br)cc1OCc1ccc(Cl)cc1Cl. The van der Waals surface area contributed by atoms with Crippen LogP contribution in [0.2, 0.25) is 10.0 Å². The van der Waals surface area contributed by atoms with Gasteiger partial charge in [-0.3, -0.25) is 4.79 Å². The molecule has 2 rings (SSSR count). The lowest BCUT2D eigenvalue weighted by Crippen LogP contribution is -2.30. The summed E-state index contributed by atoms with van der Waals surface area (Å²) >= 11 is 15.6. The first-order valence-corrected chi connectivity index (χ1v) is 10.2. The number of ether oxygens (including phenoxy) is 2. The van der Waals surface area contributed by atoms with E-state index in [0.29, 0.717) is 31.6 Å². The van der Waals surface area contributed by atoms with E-state index in [1.807, 2.05) is 19.9 Å². The maximum Gasteiger partial charge on any atom is 0.262 e. The Balaban J connectivity index is 2.29. The van der Waals surface area contributed by atoms with Crippen LogP contribution < -0.4 is 14.8 Å². The Bertz CT molecular complexity index is 985. The summed E-state index contributed by atoms with van der Waals surface area (Å²) in [6.07, 6.45) is 1.49. The molecule has 0 aliphatic carbocycles. The number of nitrogens with zero attached hydrogens (tertiary/aromatic N) is 1. The molecule has 0 unspecified atom stereocenters. The van der Waals surface area contributed by atoms with Gasteiger partial charge >= 0.3 is 0 Å². The van der Waals surface area contributed by atoms with Crippen LogP contribution in [0.4, 0.5) is 0 Å². The smallest absolute Gasteiger partial charge is 0.262 e. The summed E-state index contributed by atoms with van der Waals surface area (Å²) in [4.78, 5) is 12.1. The Hall–Kier alpha value is -2.20. The van der Waals surface area contributed by atoms with Crippen molar-refractivity contribution in [1.82, 2.24) is 5.32 Å². The Morgan fingerprint density at radius 2 is 2.00 bits per heavy atom. The number of nitriles is 1. The molecule has 1 amide bonds. The Morgan fingerprint density at radius 1 is 1.28 bits per heavy atom. The van der Waals surface area contributed by atoms with Gasteiger partial charge in [0.2, 0.25) is 0 Å². The van der Waals surface area contributed by atoms with Gasteiger partial charge in [-0.2, -0.15) is 5.26 Å². The van der Waals surface area contributed by atoms with Crippen LogP contribution in [0.5, 0.6) is 11.5 Å². The first-order valence-electron chi connectivity index (χ1n) is 8.62. The van der Waals surface area contributed by atoms with Gasteiger partial charge < -0.3 is 14.8 Å². The van der Waals surface area contributed by atoms with Crippen LogP contribution in [-0.2, 0) is 11.4 Å². The number of amides is 1. The minimum Gasteiger partial charge on any atom is -0.493 e. The van der Waals surface area contributed by atoms with E-state index in [2.05, 4.69) is 21.2 Å². The van der Waals surface area contributed by atoms with Gasteiger partial charge in [-0.25, -0.2) is 0 Å². The Labute approximate surface area is 188 Å². The van der Waals surface area contributed by atoms with Crippen molar-refractivity contribution in [2.24, 2.45) is 0 Å². The Morgan fingerprint density at radius 3 is 2.59 bits per heavy atom. The summed E-state index contributed by atoms with van der Waals surface area (Å²) in [5.41, 5.74) is 1.37. The van der Waals surface area contributed by atoms with Crippen LogP contribution >= 0.6 is 39.1 Å². The van der Waals surface area contributed by atoms with Crippen molar-refractivity contribution in [2.75, 3.05) is 7.11 Å². The summed E-state index contributed by atoms with van der Waals surface area (Å²) in [5, 5.41) is 13.1. The van der Waals surface area contributed by atoms with E-state index in [1.54, 1.807) is 30.3 Å². The maximum atomic E-state index is 12.1. The molecule has 0 radical (unpaired) electrons. The summed E-state index contributed by atoms with van der Waals surface area (Å²) < 4.78 is 11.9. The number of hydrogen-bond acceptors (Lipinski definition) is 4. The molecule has 0 bridgehead atoms. The average molecular weight is 498 g/mol. The predicted octanol–water partition coefficient (Wildman–Crippen LogP) is 5.78. The van der Waals surface area contributed by atoms with Gasteiger partial charge in [0.05, 0.1) is 7.11 Å². The summed E-state index contributed by atoms with van der Waals surface area (Å²) in [5.74, 6) is 0.491. The van der Waals surface area contributed by atoms with E-state index in [9.17, 15) is 10.1 Å². The maximum absolute atomic E-state index is 12.1. The van der Waals surface area contributed by atoms with E-state index in [4.69, 9.17) is 32.7 Å². The molecule has 1 N–H and O–H groups in total. The van der Waals surface area contributed by atoms with Crippen molar-refractivity contribution in [2.45, 2.75) is 26.5 Å². The highest BCUT2D eigenvalue weighted by atomic mass is 79.9. The van der Waals surface area contributed by atoms with Crippen molar-refractivity contribution in [1.29, 1.82) is 5.26 Å². The highest BCUT2D eigenvalue weighted by Crippen LogP contribution is 2.35. The lowest BCUT2D eigenvalue weighted by molar-refractivity contribution is -0.117. The zero-order chi connectivity index (χ0) is 21.6. The van der Waals surface area contributed by atoms with Crippen LogP contribution in [0, 0.1) is 11.3 Å². The molecule has 2 aromatic rings. The number of rotatable bonds is 7. The van der Waals surface area contributed by atoms with Gasteiger partial charge in [0.25, 0.3) is 5.91 Å². The quantitative estimate of drug-likeness (QED) is 0.389. The Kier molecular flexibility index (Phi) is 8.39. The van der Waals surface area contributed by atoms with Crippen LogP contribution in [0.25, 0.3) is 6.08 Å². The average Bonchev–Trinajstić information content (AvgIpc) is 2.65. The number of halogens is 3. The van der Waals surface area contributed by atoms with Crippen LogP contribution in [0.3, 0.4) is 0 Å². The first kappa shape index (κ1) is 23.1. The topological polar surface area (TPSA) is 71.3 Å². The highest BCUT2D eigenvalue weighted by molar-refractivity contribution is 9.10. The second-order valence-corrected chi connectivity index (χ2v) is 8.04. The molecule has 0 fully saturated rings. The predicted molar refractivity (Wildman–Crippen MR) is 118 cm³/mol. The molecule has 0 spiro atoms. The van der Waals surface area contributed by atoms with Crippen molar-refractivity contribution < 1.29 is 14.3 Å². The molecule has 5 nitrogen and oxygen atoms in total. The minimum absolute atomic E-state index is 0.0110. The van der Waals surface area contributed by atoms with E-state index in [0.717, 1.165) is 5.56 Å². The molecular formula is C21H19BrCl2N2O3. The number of carbonyl (C=O) groups excluding carboxylic acids is 1. The summed E-state index contributed by atoms with van der Waals surface area (Å²) in [7, 11) is 1.51. The molecule has 2 aromatic carbocycles. The fourth-order valence-electron chi connectivity index (χ4n) is 2.37. The van der Waals surface area contributed by atoms with E-state index >= 15 is 0 Å². The molecule has 8 heteroatoms. The fourth-order valence-corrected chi connectivity index (χ4v) is 3.27. The normalized spacial score (nSPS) is 11.2. The van der Waals surface area contributed by atoms with Gasteiger partial charge in [0, 0.05) is 26.1 Å². The molecular weight excluding hydrogens is 479 g/mol. The number of hydrogen-bond donors (Lipinski definition) is 1. The zero-order valence-electron chi connectivity index (χ0n) is 16.1. The van der Waals surface area contributed by atoms with Gasteiger partial charge in [0.1, 0.15) is 18.2 Å². The third-order valence-electron chi connectivity index (χ3n) is 3.77. The zero-order valence-corrected chi connectivity index (χ0v) is 19.2. The molecule has 0 aromatic heterocycles. The van der Waals surface area contributed by atoms with Gasteiger partial charge in [-0.05, 0) is 49.8 Å². The van der Waals surface area contributed by atoms with Gasteiger partial charge in [0.15, 0.2) is 11.5 Å². The molecule has 152 valence electrons. The lowest BCUT2D eigenvalue weighted by Gasteiger charge is -2.14. The van der Waals surface area contributed by atoms with Gasteiger partial charge in [-0.15, -0.1) is 0 Å². The second-order valence-electron chi connectivity index (χ2n) is 6.35. The third kappa shape index (κ3) is 6.40. The standard InChI is InChI=1S/C21H19BrCl2N2O3/c1-12(2)26-21(27)15(10-25)6-14-7-19(28-3)20(9-17(14)22)29-11-13-4-5-16(23)8-18(13)24/h4-9,12H,11H2,1-3H3,(H,26,27)/b15-6-. The first-order chi connectivity index (χ1) is 13.7. The largest absolute Gasteiger partial charge is 0.493 e. The van der Waals surface area contributed by atoms with Crippen LogP contribution in [-0.4, -0.2) is 19.1 Å². The van der Waals surface area contributed by atoms with E-state index in [1.165, 1.54) is 13.2 Å². The monoisotopic (exact) mass is 496 g/mol. The molecule has 29 heavy (non-hydrogen) atoms. The number of methoxy groups -OCH3 is 1. The minimum atomic E-state index is -0.439. The molecule has 0 saturated heterocycles.